The Labute approximate surface area is 145 Å². The van der Waals surface area contributed by atoms with Gasteiger partial charge in [0.2, 0.25) is 5.91 Å². The number of carbonyl (C=O) groups is 2. The maximum absolute atomic E-state index is 12.7. The summed E-state index contributed by atoms with van der Waals surface area (Å²) >= 11 is 0. The fourth-order valence-electron chi connectivity index (χ4n) is 3.16. The number of fused-ring (bicyclic) bond motifs is 1. The number of benzene rings is 1. The van der Waals surface area contributed by atoms with Crippen molar-refractivity contribution in [3.05, 3.63) is 40.3 Å². The topological polar surface area (TPSA) is 107 Å². The summed E-state index contributed by atoms with van der Waals surface area (Å²) in [6.45, 7) is 0.710. The summed E-state index contributed by atoms with van der Waals surface area (Å²) < 4.78 is 1.19. The molecule has 2 aromatic rings. The highest BCUT2D eigenvalue weighted by molar-refractivity contribution is 5.99. The molecular formula is C18H22N4O3. The lowest BCUT2D eigenvalue weighted by molar-refractivity contribution is -0.136. The normalized spacial score (nSPS) is 17.7. The fraction of sp³-hybridized carbons (Fsp3) is 0.444. The number of imide groups is 1. The lowest BCUT2D eigenvalue weighted by Crippen LogP contribution is -2.45. The predicted molar refractivity (Wildman–Crippen MR) is 94.0 cm³/mol. The van der Waals surface area contributed by atoms with Crippen LogP contribution in [-0.2, 0) is 16.0 Å². The molecule has 7 heteroatoms. The number of carbonyl (C=O) groups excluding carboxylic acids is 2. The molecule has 0 radical (unpaired) electrons. The first-order chi connectivity index (χ1) is 12.1. The zero-order valence-electron chi connectivity index (χ0n) is 14.0. The lowest BCUT2D eigenvalue weighted by Gasteiger charge is -2.21. The Kier molecular flexibility index (Phi) is 5.23. The number of hydrogen-bond acceptors (Lipinski definition) is 5. The van der Waals surface area contributed by atoms with Crippen LogP contribution in [0.3, 0.4) is 0 Å². The summed E-state index contributed by atoms with van der Waals surface area (Å²) in [5.41, 5.74) is 6.35. The Morgan fingerprint density at radius 3 is 2.80 bits per heavy atom. The average Bonchev–Trinajstić information content (AvgIpc) is 2.60. The van der Waals surface area contributed by atoms with E-state index in [0.29, 0.717) is 18.4 Å². The van der Waals surface area contributed by atoms with Gasteiger partial charge in [-0.15, -0.1) is 0 Å². The van der Waals surface area contributed by atoms with E-state index in [0.717, 1.165) is 36.6 Å². The molecule has 7 nitrogen and oxygen atoms in total. The smallest absolute Gasteiger partial charge is 0.275 e. The molecule has 3 rings (SSSR count). The van der Waals surface area contributed by atoms with Gasteiger partial charge >= 0.3 is 0 Å². The van der Waals surface area contributed by atoms with Gasteiger partial charge in [-0.05, 0) is 49.9 Å². The Balaban J connectivity index is 1.84. The van der Waals surface area contributed by atoms with Gasteiger partial charge in [-0.3, -0.25) is 19.7 Å². The van der Waals surface area contributed by atoms with Gasteiger partial charge in [0.1, 0.15) is 6.04 Å². The van der Waals surface area contributed by atoms with Crippen LogP contribution < -0.4 is 16.6 Å². The van der Waals surface area contributed by atoms with E-state index in [9.17, 15) is 14.4 Å². The summed E-state index contributed by atoms with van der Waals surface area (Å²) in [4.78, 5) is 35.9. The molecule has 132 valence electrons. The Hall–Kier alpha value is -2.54. The van der Waals surface area contributed by atoms with Crippen LogP contribution in [0.25, 0.3) is 10.8 Å². The molecule has 0 aliphatic carbocycles. The van der Waals surface area contributed by atoms with Gasteiger partial charge in [-0.25, -0.2) is 4.68 Å². The van der Waals surface area contributed by atoms with Gasteiger partial charge < -0.3 is 5.73 Å². The van der Waals surface area contributed by atoms with Crippen LogP contribution >= 0.6 is 0 Å². The van der Waals surface area contributed by atoms with E-state index in [4.69, 9.17) is 5.73 Å². The first kappa shape index (κ1) is 17.3. The molecule has 1 atom stereocenters. The van der Waals surface area contributed by atoms with Crippen molar-refractivity contribution in [2.45, 2.75) is 44.6 Å². The zero-order valence-corrected chi connectivity index (χ0v) is 14.0. The van der Waals surface area contributed by atoms with Crippen molar-refractivity contribution >= 4 is 22.6 Å². The minimum Gasteiger partial charge on any atom is -0.330 e. The molecule has 1 fully saturated rings. The maximum atomic E-state index is 12.7. The number of nitrogens with zero attached hydrogens (tertiary/aromatic N) is 2. The second-order valence-corrected chi connectivity index (χ2v) is 6.38. The van der Waals surface area contributed by atoms with E-state index in [2.05, 4.69) is 10.4 Å². The number of amides is 2. The minimum absolute atomic E-state index is 0.213. The SMILES string of the molecule is NCCCCCc1ccc2c(=O)n(C3CCC(=O)NC3=O)ncc2c1. The molecule has 25 heavy (non-hydrogen) atoms. The molecule has 2 heterocycles. The van der Waals surface area contributed by atoms with E-state index in [-0.39, 0.29) is 17.9 Å². The number of nitrogens with two attached hydrogens (primary N) is 1. The Bertz CT molecular complexity index is 859. The molecule has 3 N–H and O–H groups in total. The van der Waals surface area contributed by atoms with Crippen LogP contribution in [0.5, 0.6) is 0 Å². The van der Waals surface area contributed by atoms with E-state index >= 15 is 0 Å². The molecule has 1 aromatic carbocycles. The Morgan fingerprint density at radius 1 is 1.20 bits per heavy atom. The number of aryl methyl sites for hydroxylation is 1. The molecule has 1 aliphatic rings. The number of piperidine rings is 1. The quantitative estimate of drug-likeness (QED) is 0.603. The molecule has 1 aromatic heterocycles. The number of nitrogens with one attached hydrogen (secondary N) is 1. The summed E-state index contributed by atoms with van der Waals surface area (Å²) in [7, 11) is 0. The van der Waals surface area contributed by atoms with Gasteiger partial charge in [0.25, 0.3) is 11.5 Å². The van der Waals surface area contributed by atoms with Crippen molar-refractivity contribution in [1.82, 2.24) is 15.1 Å². The highest BCUT2D eigenvalue weighted by Crippen LogP contribution is 2.18. The third-order valence-electron chi connectivity index (χ3n) is 4.55. The predicted octanol–water partition coefficient (Wildman–Crippen LogP) is 1.05. The lowest BCUT2D eigenvalue weighted by atomic mass is 10.0. The summed E-state index contributed by atoms with van der Waals surface area (Å²) in [6.07, 6.45) is 6.22. The van der Waals surface area contributed by atoms with Crippen molar-refractivity contribution in [2.24, 2.45) is 5.73 Å². The van der Waals surface area contributed by atoms with E-state index in [1.54, 1.807) is 12.3 Å². The zero-order chi connectivity index (χ0) is 17.8. The summed E-state index contributed by atoms with van der Waals surface area (Å²) in [5.74, 6) is -0.781. The van der Waals surface area contributed by atoms with E-state index < -0.39 is 11.9 Å². The number of unbranched alkanes of at least 4 members (excludes halogenated alkanes) is 2. The van der Waals surface area contributed by atoms with Crippen LogP contribution in [-0.4, -0.2) is 28.1 Å². The molecule has 0 spiro atoms. The first-order valence-electron chi connectivity index (χ1n) is 8.64. The van der Waals surface area contributed by atoms with Crippen LogP contribution in [0, 0.1) is 0 Å². The molecule has 0 saturated carbocycles. The second kappa shape index (κ2) is 7.57. The van der Waals surface area contributed by atoms with Crippen molar-refractivity contribution in [3.8, 4) is 0 Å². The minimum atomic E-state index is -0.731. The maximum Gasteiger partial charge on any atom is 0.275 e. The monoisotopic (exact) mass is 342 g/mol. The average molecular weight is 342 g/mol. The standard InChI is InChI=1S/C18H22N4O3/c19-9-3-1-2-4-12-5-6-14-13(10-12)11-20-22(18(14)25)15-7-8-16(23)21-17(15)24/h5-6,10-11,15H,1-4,7-9,19H2,(H,21,23,24). The molecular weight excluding hydrogens is 320 g/mol. The Morgan fingerprint density at radius 2 is 2.04 bits per heavy atom. The largest absolute Gasteiger partial charge is 0.330 e. The van der Waals surface area contributed by atoms with Crippen molar-refractivity contribution in [1.29, 1.82) is 0 Å². The van der Waals surface area contributed by atoms with Crippen LogP contribution in [0.2, 0.25) is 0 Å². The third-order valence-corrected chi connectivity index (χ3v) is 4.55. The number of aromatic nitrogens is 2. The molecule has 1 saturated heterocycles. The van der Waals surface area contributed by atoms with Gasteiger partial charge in [-0.1, -0.05) is 12.5 Å². The summed E-state index contributed by atoms with van der Waals surface area (Å²) in [5, 5.41) is 7.73. The highest BCUT2D eigenvalue weighted by Gasteiger charge is 2.29. The van der Waals surface area contributed by atoms with Crippen molar-refractivity contribution < 1.29 is 9.59 Å². The van der Waals surface area contributed by atoms with E-state index in [1.807, 2.05) is 12.1 Å². The molecule has 2 amide bonds. The van der Waals surface area contributed by atoms with Gasteiger partial charge in [0, 0.05) is 11.8 Å². The molecule has 1 aliphatic heterocycles. The van der Waals surface area contributed by atoms with Gasteiger partial charge in [-0.2, -0.15) is 5.10 Å². The molecule has 1 unspecified atom stereocenters. The summed E-state index contributed by atoms with van der Waals surface area (Å²) in [6, 6.07) is 4.98. The van der Waals surface area contributed by atoms with Crippen molar-refractivity contribution in [2.75, 3.05) is 6.54 Å². The molecule has 0 bridgehead atoms. The van der Waals surface area contributed by atoms with Gasteiger partial charge in [0.05, 0.1) is 11.6 Å². The van der Waals surface area contributed by atoms with Crippen LogP contribution in [0.4, 0.5) is 0 Å². The van der Waals surface area contributed by atoms with Gasteiger partial charge in [0.15, 0.2) is 0 Å². The van der Waals surface area contributed by atoms with Crippen molar-refractivity contribution in [3.63, 3.8) is 0 Å². The third kappa shape index (κ3) is 3.76. The number of hydrogen-bond donors (Lipinski definition) is 2. The first-order valence-corrected chi connectivity index (χ1v) is 8.64. The van der Waals surface area contributed by atoms with E-state index in [1.165, 1.54) is 4.68 Å². The highest BCUT2D eigenvalue weighted by atomic mass is 16.2. The van der Waals surface area contributed by atoms with Crippen LogP contribution in [0.1, 0.15) is 43.7 Å². The second-order valence-electron chi connectivity index (χ2n) is 6.38. The fourth-order valence-corrected chi connectivity index (χ4v) is 3.16. The number of rotatable bonds is 6. The van der Waals surface area contributed by atoms with Crippen LogP contribution in [0.15, 0.2) is 29.2 Å².